The first-order valence-corrected chi connectivity index (χ1v) is 6.10. The van der Waals surface area contributed by atoms with Crippen molar-refractivity contribution in [1.82, 2.24) is 0 Å². The molecule has 0 radical (unpaired) electrons. The van der Waals surface area contributed by atoms with Crippen LogP contribution in [0.1, 0.15) is 45.3 Å². The van der Waals surface area contributed by atoms with E-state index < -0.39 is 6.10 Å². The van der Waals surface area contributed by atoms with Crippen molar-refractivity contribution in [1.29, 1.82) is 0 Å². The number of hydrogen-bond acceptors (Lipinski definition) is 2. The van der Waals surface area contributed by atoms with Gasteiger partial charge in [-0.1, -0.05) is 32.9 Å². The molecule has 3 nitrogen and oxygen atoms in total. The van der Waals surface area contributed by atoms with Crippen LogP contribution >= 0.6 is 0 Å². The van der Waals surface area contributed by atoms with Gasteiger partial charge in [-0.15, -0.1) is 0 Å². The molecule has 3 heteroatoms. The number of aliphatic hydroxyl groups excluding tert-OH is 1. The van der Waals surface area contributed by atoms with Crippen molar-refractivity contribution < 1.29 is 9.90 Å². The minimum atomic E-state index is -0.425. The number of hydrogen-bond donors (Lipinski definition) is 2. The highest BCUT2D eigenvalue weighted by molar-refractivity contribution is 5.90. The van der Waals surface area contributed by atoms with Gasteiger partial charge in [0.2, 0.25) is 5.91 Å². The van der Waals surface area contributed by atoms with E-state index in [9.17, 15) is 9.90 Å². The van der Waals surface area contributed by atoms with Crippen LogP contribution in [0.15, 0.2) is 24.3 Å². The zero-order valence-electron chi connectivity index (χ0n) is 10.7. The van der Waals surface area contributed by atoms with E-state index in [2.05, 4.69) is 19.2 Å². The molecular weight excluding hydrogens is 214 g/mol. The number of nitrogens with one attached hydrogen (secondary N) is 1. The number of amides is 1. The molecule has 0 heterocycles. The first-order chi connectivity index (χ1) is 8.02. The number of carbonyl (C=O) groups excluding carboxylic acids is 1. The number of anilines is 1. The van der Waals surface area contributed by atoms with Crippen molar-refractivity contribution in [3.05, 3.63) is 29.8 Å². The summed E-state index contributed by atoms with van der Waals surface area (Å²) in [5.74, 6) is 0.463. The van der Waals surface area contributed by atoms with Gasteiger partial charge in [-0.25, -0.2) is 0 Å². The molecular formula is C14H21NO2. The number of benzene rings is 1. The summed E-state index contributed by atoms with van der Waals surface area (Å²) in [6.45, 7) is 5.98. The molecule has 0 aliphatic carbocycles. The third-order valence-corrected chi connectivity index (χ3v) is 2.59. The summed E-state index contributed by atoms with van der Waals surface area (Å²) in [5.41, 5.74) is 1.67. The monoisotopic (exact) mass is 235 g/mol. The number of aliphatic hydroxyl groups is 1. The van der Waals surface area contributed by atoms with Crippen molar-refractivity contribution in [3.63, 3.8) is 0 Å². The molecule has 0 aromatic heterocycles. The smallest absolute Gasteiger partial charge is 0.224 e. The van der Waals surface area contributed by atoms with Crippen molar-refractivity contribution in [2.24, 2.45) is 5.92 Å². The van der Waals surface area contributed by atoms with Crippen molar-refractivity contribution in [3.8, 4) is 0 Å². The third-order valence-electron chi connectivity index (χ3n) is 2.59. The lowest BCUT2D eigenvalue weighted by Crippen LogP contribution is -2.09. The van der Waals surface area contributed by atoms with E-state index in [0.717, 1.165) is 17.7 Å². The van der Waals surface area contributed by atoms with Gasteiger partial charge >= 0.3 is 0 Å². The lowest BCUT2D eigenvalue weighted by molar-refractivity contribution is -0.115. The van der Waals surface area contributed by atoms with Crippen molar-refractivity contribution >= 4 is 11.6 Å². The molecule has 0 spiro atoms. The van der Waals surface area contributed by atoms with Crippen LogP contribution in [-0.2, 0) is 4.79 Å². The second-order valence-corrected chi connectivity index (χ2v) is 4.67. The van der Waals surface area contributed by atoms with Crippen molar-refractivity contribution in [2.45, 2.75) is 39.7 Å². The molecule has 2 N–H and O–H groups in total. The highest BCUT2D eigenvalue weighted by Crippen LogP contribution is 2.22. The van der Waals surface area contributed by atoms with E-state index in [-0.39, 0.29) is 5.91 Å². The van der Waals surface area contributed by atoms with Gasteiger partial charge in [0.15, 0.2) is 0 Å². The van der Waals surface area contributed by atoms with Gasteiger partial charge in [0.1, 0.15) is 0 Å². The van der Waals surface area contributed by atoms with Gasteiger partial charge in [0.25, 0.3) is 0 Å². The van der Waals surface area contributed by atoms with Crippen LogP contribution in [0, 0.1) is 5.92 Å². The quantitative estimate of drug-likeness (QED) is 0.823. The minimum Gasteiger partial charge on any atom is -0.388 e. The highest BCUT2D eigenvalue weighted by atomic mass is 16.3. The normalized spacial score (nSPS) is 12.5. The molecule has 0 fully saturated rings. The first-order valence-electron chi connectivity index (χ1n) is 6.10. The van der Waals surface area contributed by atoms with E-state index in [1.165, 1.54) is 0 Å². The fourth-order valence-electron chi connectivity index (χ4n) is 1.62. The third kappa shape index (κ3) is 4.57. The van der Waals surface area contributed by atoms with Crippen LogP contribution in [-0.4, -0.2) is 11.0 Å². The zero-order valence-corrected chi connectivity index (χ0v) is 10.7. The minimum absolute atomic E-state index is 0.000443. The van der Waals surface area contributed by atoms with E-state index in [4.69, 9.17) is 0 Å². The highest BCUT2D eigenvalue weighted by Gasteiger charge is 2.09. The Balaban J connectivity index is 2.64. The summed E-state index contributed by atoms with van der Waals surface area (Å²) < 4.78 is 0. The number of rotatable bonds is 5. The maximum absolute atomic E-state index is 11.2. The zero-order chi connectivity index (χ0) is 12.8. The van der Waals surface area contributed by atoms with Gasteiger partial charge in [-0.05, 0) is 30.0 Å². The molecule has 0 bridgehead atoms. The van der Waals surface area contributed by atoms with Gasteiger partial charge in [-0.2, -0.15) is 0 Å². The Hall–Kier alpha value is -1.35. The fraction of sp³-hybridized carbons (Fsp3) is 0.500. The standard InChI is InChI=1S/C14H21NO2/c1-4-14(17)15-12-7-5-11(6-8-12)13(16)9-10(2)3/h5-8,10,13,16H,4,9H2,1-3H3,(H,15,17). The lowest BCUT2D eigenvalue weighted by atomic mass is 9.99. The molecule has 94 valence electrons. The Kier molecular flexibility index (Phi) is 5.16. The number of carbonyl (C=O) groups is 1. The summed E-state index contributed by atoms with van der Waals surface area (Å²) in [7, 11) is 0. The Morgan fingerprint density at radius 3 is 2.35 bits per heavy atom. The molecule has 1 rings (SSSR count). The second-order valence-electron chi connectivity index (χ2n) is 4.67. The predicted octanol–water partition coefficient (Wildman–Crippen LogP) is 3.11. The van der Waals surface area contributed by atoms with Gasteiger partial charge in [0, 0.05) is 12.1 Å². The molecule has 0 aliphatic rings. The SMILES string of the molecule is CCC(=O)Nc1ccc(C(O)CC(C)C)cc1. The van der Waals surface area contributed by atoms with Crippen molar-refractivity contribution in [2.75, 3.05) is 5.32 Å². The van der Waals surface area contributed by atoms with Crippen LogP contribution in [0.3, 0.4) is 0 Å². The Morgan fingerprint density at radius 2 is 1.88 bits per heavy atom. The largest absolute Gasteiger partial charge is 0.388 e. The predicted molar refractivity (Wildman–Crippen MR) is 69.8 cm³/mol. The summed E-state index contributed by atoms with van der Waals surface area (Å²) in [5, 5.41) is 12.7. The molecule has 0 saturated heterocycles. The van der Waals surface area contributed by atoms with Crippen LogP contribution in [0.25, 0.3) is 0 Å². The molecule has 1 aromatic rings. The molecule has 1 aromatic carbocycles. The summed E-state index contributed by atoms with van der Waals surface area (Å²) in [6.07, 6.45) is 0.796. The maximum atomic E-state index is 11.2. The fourth-order valence-corrected chi connectivity index (χ4v) is 1.62. The molecule has 1 amide bonds. The molecule has 1 atom stereocenters. The van der Waals surface area contributed by atoms with Gasteiger partial charge < -0.3 is 10.4 Å². The van der Waals surface area contributed by atoms with Crippen LogP contribution in [0.4, 0.5) is 5.69 Å². The van der Waals surface area contributed by atoms with E-state index in [1.54, 1.807) is 0 Å². The average molecular weight is 235 g/mol. The van der Waals surface area contributed by atoms with Gasteiger partial charge in [0.05, 0.1) is 6.10 Å². The topological polar surface area (TPSA) is 49.3 Å². The van der Waals surface area contributed by atoms with Gasteiger partial charge in [-0.3, -0.25) is 4.79 Å². The first kappa shape index (κ1) is 13.7. The Bertz CT molecular complexity index is 357. The van der Waals surface area contributed by atoms with Crippen LogP contribution in [0.2, 0.25) is 0 Å². The summed E-state index contributed by atoms with van der Waals surface area (Å²) in [6, 6.07) is 7.37. The van der Waals surface area contributed by atoms with Crippen LogP contribution in [0.5, 0.6) is 0 Å². The lowest BCUT2D eigenvalue weighted by Gasteiger charge is -2.14. The second kappa shape index (κ2) is 6.40. The Labute approximate surface area is 103 Å². The molecule has 0 aliphatic heterocycles. The van der Waals surface area contributed by atoms with E-state index in [0.29, 0.717) is 12.3 Å². The van der Waals surface area contributed by atoms with E-state index >= 15 is 0 Å². The summed E-state index contributed by atoms with van der Waals surface area (Å²) in [4.78, 5) is 11.2. The molecule has 0 saturated carbocycles. The van der Waals surface area contributed by atoms with E-state index in [1.807, 2.05) is 31.2 Å². The average Bonchev–Trinajstić information content (AvgIpc) is 2.28. The maximum Gasteiger partial charge on any atom is 0.224 e. The molecule has 1 unspecified atom stereocenters. The Morgan fingerprint density at radius 1 is 1.29 bits per heavy atom. The molecule has 17 heavy (non-hydrogen) atoms. The van der Waals surface area contributed by atoms with Crippen LogP contribution < -0.4 is 5.32 Å². The summed E-state index contributed by atoms with van der Waals surface area (Å²) >= 11 is 0.